The van der Waals surface area contributed by atoms with Crippen molar-refractivity contribution in [2.75, 3.05) is 26.8 Å². The fourth-order valence-electron chi connectivity index (χ4n) is 2.69. The third-order valence-corrected chi connectivity index (χ3v) is 4.54. The van der Waals surface area contributed by atoms with E-state index in [1.165, 1.54) is 5.56 Å². The highest BCUT2D eigenvalue weighted by atomic mass is 127. The van der Waals surface area contributed by atoms with Gasteiger partial charge < -0.3 is 19.8 Å². The van der Waals surface area contributed by atoms with Crippen molar-refractivity contribution in [3.8, 4) is 0 Å². The van der Waals surface area contributed by atoms with Crippen LogP contribution in [0.1, 0.15) is 44.6 Å². The van der Waals surface area contributed by atoms with E-state index in [4.69, 9.17) is 14.1 Å². The van der Waals surface area contributed by atoms with Crippen molar-refractivity contribution in [2.45, 2.75) is 39.7 Å². The molecule has 1 unspecified atom stereocenters. The number of aliphatic imine (C=N–C) groups is 1. The summed E-state index contributed by atoms with van der Waals surface area (Å²) in [5.74, 6) is 1.79. The Morgan fingerprint density at radius 3 is 2.57 bits per heavy atom. The summed E-state index contributed by atoms with van der Waals surface area (Å²) in [6, 6.07) is 14.5. The van der Waals surface area contributed by atoms with E-state index in [2.05, 4.69) is 55.7 Å². The summed E-state index contributed by atoms with van der Waals surface area (Å²) in [7, 11) is 1.74. The van der Waals surface area contributed by atoms with Gasteiger partial charge in [0.2, 0.25) is 0 Å². The molecule has 6 heteroatoms. The molecule has 0 saturated heterocycles. The molecule has 0 aliphatic heterocycles. The van der Waals surface area contributed by atoms with Crippen LogP contribution in [0.5, 0.6) is 0 Å². The number of hydrogen-bond acceptors (Lipinski definition) is 3. The minimum Gasteiger partial charge on any atom is -0.469 e. The maximum atomic E-state index is 5.41. The molecule has 1 atom stereocenters. The van der Waals surface area contributed by atoms with Crippen LogP contribution in [-0.4, -0.2) is 32.8 Å². The predicted molar refractivity (Wildman–Crippen MR) is 126 cm³/mol. The third kappa shape index (κ3) is 9.10. The SMILES string of the molecule is COCCC(C)(C)CN=C(NCCc1ccco1)NC(C)c1ccccc1.I. The van der Waals surface area contributed by atoms with Crippen LogP contribution < -0.4 is 10.6 Å². The van der Waals surface area contributed by atoms with Crippen molar-refractivity contribution < 1.29 is 9.15 Å². The van der Waals surface area contributed by atoms with E-state index in [0.717, 1.165) is 44.3 Å². The third-order valence-electron chi connectivity index (χ3n) is 4.54. The lowest BCUT2D eigenvalue weighted by Gasteiger charge is -2.24. The maximum Gasteiger partial charge on any atom is 0.191 e. The Balaban J connectivity index is 0.00000392. The van der Waals surface area contributed by atoms with Gasteiger partial charge in [-0.1, -0.05) is 44.2 Å². The van der Waals surface area contributed by atoms with Crippen molar-refractivity contribution >= 4 is 29.9 Å². The number of nitrogens with one attached hydrogen (secondary N) is 2. The van der Waals surface area contributed by atoms with Crippen molar-refractivity contribution in [3.63, 3.8) is 0 Å². The molecule has 28 heavy (non-hydrogen) atoms. The van der Waals surface area contributed by atoms with Gasteiger partial charge in [0, 0.05) is 33.2 Å². The van der Waals surface area contributed by atoms with E-state index in [9.17, 15) is 0 Å². The van der Waals surface area contributed by atoms with Gasteiger partial charge >= 0.3 is 0 Å². The van der Waals surface area contributed by atoms with E-state index in [1.807, 2.05) is 18.2 Å². The lowest BCUT2D eigenvalue weighted by atomic mass is 9.90. The molecule has 2 aromatic rings. The maximum absolute atomic E-state index is 5.41. The molecular weight excluding hydrogens is 465 g/mol. The van der Waals surface area contributed by atoms with Crippen molar-refractivity contribution in [2.24, 2.45) is 10.4 Å². The Kier molecular flexibility index (Phi) is 11.2. The molecule has 0 radical (unpaired) electrons. The number of guanidine groups is 1. The molecule has 0 spiro atoms. The second-order valence-corrected chi connectivity index (χ2v) is 7.60. The van der Waals surface area contributed by atoms with Crippen LogP contribution >= 0.6 is 24.0 Å². The molecule has 5 nitrogen and oxygen atoms in total. The van der Waals surface area contributed by atoms with Gasteiger partial charge in [0.25, 0.3) is 0 Å². The van der Waals surface area contributed by atoms with Gasteiger partial charge in [0.05, 0.1) is 12.3 Å². The minimum atomic E-state index is 0. The molecule has 1 aromatic carbocycles. The zero-order chi connectivity index (χ0) is 19.5. The van der Waals surface area contributed by atoms with Gasteiger partial charge in [-0.25, -0.2) is 0 Å². The second kappa shape index (κ2) is 12.8. The average molecular weight is 499 g/mol. The largest absolute Gasteiger partial charge is 0.469 e. The molecule has 0 fully saturated rings. The number of hydrogen-bond donors (Lipinski definition) is 2. The van der Waals surface area contributed by atoms with Crippen LogP contribution in [0.2, 0.25) is 0 Å². The molecular formula is C22H34IN3O2. The summed E-state index contributed by atoms with van der Waals surface area (Å²) in [6.45, 7) is 8.83. The summed E-state index contributed by atoms with van der Waals surface area (Å²) >= 11 is 0. The normalized spacial score (nSPS) is 12.9. The second-order valence-electron chi connectivity index (χ2n) is 7.60. The van der Waals surface area contributed by atoms with E-state index in [1.54, 1.807) is 13.4 Å². The van der Waals surface area contributed by atoms with Crippen LogP contribution in [0, 0.1) is 5.41 Å². The first-order valence-corrected chi connectivity index (χ1v) is 9.61. The van der Waals surface area contributed by atoms with Crippen LogP contribution in [0.4, 0.5) is 0 Å². The highest BCUT2D eigenvalue weighted by Gasteiger charge is 2.18. The number of nitrogens with zero attached hydrogens (tertiary/aromatic N) is 1. The number of rotatable bonds is 10. The average Bonchev–Trinajstić information content (AvgIpc) is 3.18. The Bertz CT molecular complexity index is 672. The lowest BCUT2D eigenvalue weighted by Crippen LogP contribution is -2.40. The van der Waals surface area contributed by atoms with Gasteiger partial charge in [-0.3, -0.25) is 4.99 Å². The zero-order valence-electron chi connectivity index (χ0n) is 17.4. The summed E-state index contributed by atoms with van der Waals surface area (Å²) in [5.41, 5.74) is 1.32. The molecule has 156 valence electrons. The Morgan fingerprint density at radius 1 is 1.18 bits per heavy atom. The highest BCUT2D eigenvalue weighted by molar-refractivity contribution is 14.0. The summed E-state index contributed by atoms with van der Waals surface area (Å²) in [5, 5.41) is 6.95. The van der Waals surface area contributed by atoms with Crippen molar-refractivity contribution in [1.82, 2.24) is 10.6 Å². The van der Waals surface area contributed by atoms with Crippen LogP contribution in [0.15, 0.2) is 58.1 Å². The van der Waals surface area contributed by atoms with Crippen LogP contribution in [-0.2, 0) is 11.2 Å². The minimum absolute atomic E-state index is 0. The first kappa shape index (κ1) is 24.5. The number of benzene rings is 1. The first-order valence-electron chi connectivity index (χ1n) is 9.61. The highest BCUT2D eigenvalue weighted by Crippen LogP contribution is 2.20. The van der Waals surface area contributed by atoms with Crippen LogP contribution in [0.25, 0.3) is 0 Å². The van der Waals surface area contributed by atoms with Crippen molar-refractivity contribution in [3.05, 3.63) is 60.1 Å². The number of ether oxygens (including phenoxy) is 1. The van der Waals surface area contributed by atoms with E-state index in [0.29, 0.717) is 0 Å². The number of halogens is 1. The van der Waals surface area contributed by atoms with Gasteiger partial charge in [0.1, 0.15) is 5.76 Å². The smallest absolute Gasteiger partial charge is 0.191 e. The van der Waals surface area contributed by atoms with Gasteiger partial charge in [0.15, 0.2) is 5.96 Å². The molecule has 2 N–H and O–H groups in total. The summed E-state index contributed by atoms with van der Waals surface area (Å²) < 4.78 is 10.6. The molecule has 0 aliphatic carbocycles. The van der Waals surface area contributed by atoms with Crippen LogP contribution in [0.3, 0.4) is 0 Å². The topological polar surface area (TPSA) is 58.8 Å². The zero-order valence-corrected chi connectivity index (χ0v) is 19.7. The Hall–Kier alpha value is -1.54. The van der Waals surface area contributed by atoms with E-state index in [-0.39, 0.29) is 35.4 Å². The molecule has 1 aromatic heterocycles. The lowest BCUT2D eigenvalue weighted by molar-refractivity contribution is 0.155. The molecule has 1 heterocycles. The first-order chi connectivity index (χ1) is 13.0. The van der Waals surface area contributed by atoms with E-state index < -0.39 is 0 Å². The molecule has 0 bridgehead atoms. The Morgan fingerprint density at radius 2 is 1.93 bits per heavy atom. The van der Waals surface area contributed by atoms with Gasteiger partial charge in [-0.15, -0.1) is 24.0 Å². The van der Waals surface area contributed by atoms with E-state index >= 15 is 0 Å². The molecule has 2 rings (SSSR count). The van der Waals surface area contributed by atoms with Gasteiger partial charge in [-0.05, 0) is 36.5 Å². The quantitative estimate of drug-likeness (QED) is 0.280. The fraction of sp³-hybridized carbons (Fsp3) is 0.500. The number of furan rings is 1. The fourth-order valence-corrected chi connectivity index (χ4v) is 2.69. The molecule has 0 amide bonds. The standard InChI is InChI=1S/C22H33N3O2.HI/c1-18(19-9-6-5-7-10-19)25-21(23-14-12-20-11-8-15-27-20)24-17-22(2,3)13-16-26-4;/h5-11,15,18H,12-14,16-17H2,1-4H3,(H2,23,24,25);1H. The summed E-state index contributed by atoms with van der Waals surface area (Å²) in [4.78, 5) is 4.84. The molecule has 0 saturated carbocycles. The monoisotopic (exact) mass is 499 g/mol. The summed E-state index contributed by atoms with van der Waals surface area (Å²) in [6.07, 6.45) is 3.50. The van der Waals surface area contributed by atoms with Gasteiger partial charge in [-0.2, -0.15) is 0 Å². The number of methoxy groups -OCH3 is 1. The Labute approximate surface area is 186 Å². The molecule has 0 aliphatic rings. The van der Waals surface area contributed by atoms with Crippen molar-refractivity contribution in [1.29, 1.82) is 0 Å². The predicted octanol–water partition coefficient (Wildman–Crippen LogP) is 4.80.